The number of amides is 2. The Morgan fingerprint density at radius 2 is 2.43 bits per heavy atom. The van der Waals surface area contributed by atoms with Gasteiger partial charge in [0.1, 0.15) is 0 Å². The smallest absolute Gasteiger partial charge is 0.317 e. The molecular weight excluding hydrogens is 204 g/mol. The fourth-order valence-corrected chi connectivity index (χ4v) is 1.70. The van der Waals surface area contributed by atoms with Gasteiger partial charge in [0, 0.05) is 19.6 Å². The van der Waals surface area contributed by atoms with Gasteiger partial charge in [0.05, 0.1) is 5.92 Å². The minimum atomic E-state index is -0.356. The first-order valence-corrected chi connectivity index (χ1v) is 5.25. The summed E-state index contributed by atoms with van der Waals surface area (Å²) < 4.78 is 0. The van der Waals surface area contributed by atoms with Crippen LogP contribution in [0.1, 0.15) is 19.8 Å². The van der Waals surface area contributed by atoms with E-state index in [4.69, 9.17) is 11.6 Å². The summed E-state index contributed by atoms with van der Waals surface area (Å²) in [6, 6.07) is -0.0902. The Labute approximate surface area is 88.6 Å². The maximum Gasteiger partial charge on any atom is 0.317 e. The van der Waals surface area contributed by atoms with Crippen molar-refractivity contribution in [2.24, 2.45) is 5.92 Å². The number of carbonyl (C=O) groups excluding carboxylic acids is 2. The summed E-state index contributed by atoms with van der Waals surface area (Å²) in [5.74, 6) is -0.236. The molecule has 5 heteroatoms. The van der Waals surface area contributed by atoms with Crippen LogP contribution in [-0.2, 0) is 4.79 Å². The van der Waals surface area contributed by atoms with E-state index in [2.05, 4.69) is 5.32 Å². The first-order valence-electron chi connectivity index (χ1n) is 4.87. The molecule has 2 amide bonds. The fourth-order valence-electron chi connectivity index (χ4n) is 1.48. The molecule has 0 aromatic heterocycles. The van der Waals surface area contributed by atoms with Gasteiger partial charge in [-0.3, -0.25) is 4.79 Å². The second-order valence-corrected chi connectivity index (χ2v) is 3.81. The maximum atomic E-state index is 11.3. The first kappa shape index (κ1) is 11.3. The summed E-state index contributed by atoms with van der Waals surface area (Å²) in [7, 11) is 0. The van der Waals surface area contributed by atoms with Crippen LogP contribution in [-0.4, -0.2) is 35.8 Å². The molecule has 1 atom stereocenters. The van der Waals surface area contributed by atoms with E-state index in [1.165, 1.54) is 0 Å². The van der Waals surface area contributed by atoms with E-state index in [0.717, 1.165) is 13.0 Å². The number of nitrogens with zero attached hydrogens (tertiary/aromatic N) is 1. The van der Waals surface area contributed by atoms with Gasteiger partial charge in [-0.2, -0.15) is 0 Å². The van der Waals surface area contributed by atoms with E-state index >= 15 is 0 Å². The van der Waals surface area contributed by atoms with Crippen LogP contribution in [0, 0.1) is 5.92 Å². The summed E-state index contributed by atoms with van der Waals surface area (Å²) in [5.41, 5.74) is 0. The molecule has 0 aromatic rings. The van der Waals surface area contributed by atoms with E-state index in [-0.39, 0.29) is 17.2 Å². The van der Waals surface area contributed by atoms with E-state index in [1.54, 1.807) is 4.90 Å². The molecule has 0 radical (unpaired) electrons. The van der Waals surface area contributed by atoms with Gasteiger partial charge in [-0.05, 0) is 24.4 Å². The number of nitrogens with one attached hydrogen (secondary N) is 1. The van der Waals surface area contributed by atoms with Gasteiger partial charge < -0.3 is 10.2 Å². The molecule has 0 spiro atoms. The van der Waals surface area contributed by atoms with Gasteiger partial charge in [-0.15, -0.1) is 0 Å². The highest BCUT2D eigenvalue weighted by molar-refractivity contribution is 6.64. The van der Waals surface area contributed by atoms with Gasteiger partial charge in [0.2, 0.25) is 5.24 Å². The third-order valence-electron chi connectivity index (χ3n) is 2.42. The molecule has 80 valence electrons. The minimum absolute atomic E-state index is 0.0902. The molecule has 1 heterocycles. The van der Waals surface area contributed by atoms with Crippen molar-refractivity contribution in [2.45, 2.75) is 19.8 Å². The number of rotatable bonds is 4. The number of carbonyl (C=O) groups is 2. The quantitative estimate of drug-likeness (QED) is 0.721. The molecule has 0 bridgehead atoms. The zero-order chi connectivity index (χ0) is 10.6. The zero-order valence-electron chi connectivity index (χ0n) is 8.25. The van der Waals surface area contributed by atoms with Crippen LogP contribution in [0.2, 0.25) is 0 Å². The lowest BCUT2D eigenvalue weighted by Crippen LogP contribution is -2.48. The molecule has 1 aliphatic rings. The fraction of sp³-hybridized carbons (Fsp3) is 0.778. The van der Waals surface area contributed by atoms with Crippen molar-refractivity contribution in [1.29, 1.82) is 0 Å². The number of hydrogen-bond acceptors (Lipinski definition) is 2. The van der Waals surface area contributed by atoms with Gasteiger partial charge in [-0.25, -0.2) is 4.79 Å². The van der Waals surface area contributed by atoms with Crippen LogP contribution in [0.5, 0.6) is 0 Å². The molecule has 1 saturated heterocycles. The summed E-state index contributed by atoms with van der Waals surface area (Å²) in [6.07, 6.45) is 1.60. The first-order chi connectivity index (χ1) is 6.65. The zero-order valence-corrected chi connectivity index (χ0v) is 9.01. The lowest BCUT2D eigenvalue weighted by molar-refractivity contribution is -0.115. The van der Waals surface area contributed by atoms with Crippen molar-refractivity contribution >= 4 is 22.9 Å². The average Bonchev–Trinajstić information content (AvgIpc) is 2.16. The van der Waals surface area contributed by atoms with E-state index in [1.807, 2.05) is 6.92 Å². The van der Waals surface area contributed by atoms with Crippen molar-refractivity contribution < 1.29 is 9.59 Å². The average molecular weight is 219 g/mol. The molecule has 1 unspecified atom stereocenters. The molecule has 0 aliphatic carbocycles. The van der Waals surface area contributed by atoms with Crippen molar-refractivity contribution in [3.05, 3.63) is 0 Å². The highest BCUT2D eigenvalue weighted by Gasteiger charge is 2.23. The third-order valence-corrected chi connectivity index (χ3v) is 2.73. The molecule has 4 nitrogen and oxygen atoms in total. The number of hydrogen-bond donors (Lipinski definition) is 1. The van der Waals surface area contributed by atoms with Crippen LogP contribution in [0.25, 0.3) is 0 Å². The Balaban J connectivity index is 2.48. The van der Waals surface area contributed by atoms with Crippen molar-refractivity contribution in [1.82, 2.24) is 10.2 Å². The second kappa shape index (κ2) is 5.20. The minimum Gasteiger partial charge on any atom is -0.338 e. The Morgan fingerprint density at radius 3 is 2.93 bits per heavy atom. The predicted molar refractivity (Wildman–Crippen MR) is 54.2 cm³/mol. The van der Waals surface area contributed by atoms with Crippen molar-refractivity contribution in [2.75, 3.05) is 19.6 Å². The topological polar surface area (TPSA) is 49.4 Å². The van der Waals surface area contributed by atoms with Gasteiger partial charge in [0.15, 0.2) is 0 Å². The van der Waals surface area contributed by atoms with E-state index in [9.17, 15) is 9.59 Å². The highest BCUT2D eigenvalue weighted by Crippen LogP contribution is 2.11. The molecule has 0 aromatic carbocycles. The molecule has 1 fully saturated rings. The summed E-state index contributed by atoms with van der Waals surface area (Å²) >= 11 is 5.41. The standard InChI is InChI=1S/C9H15ClN2O2/c1-2-7(8(10)13)6-12-5-3-4-11-9(12)14/h7H,2-6H2,1H3,(H,11,14). The Hall–Kier alpha value is -0.770. The highest BCUT2D eigenvalue weighted by atomic mass is 35.5. The molecular formula is C9H15ClN2O2. The Morgan fingerprint density at radius 1 is 1.71 bits per heavy atom. The summed E-state index contributed by atoms with van der Waals surface area (Å²) in [4.78, 5) is 23.9. The second-order valence-electron chi connectivity index (χ2n) is 3.44. The van der Waals surface area contributed by atoms with Crippen molar-refractivity contribution in [3.8, 4) is 0 Å². The van der Waals surface area contributed by atoms with Gasteiger partial charge in [0.25, 0.3) is 0 Å². The molecule has 1 rings (SSSR count). The molecule has 14 heavy (non-hydrogen) atoms. The number of halogens is 1. The monoisotopic (exact) mass is 218 g/mol. The van der Waals surface area contributed by atoms with Crippen LogP contribution < -0.4 is 5.32 Å². The lowest BCUT2D eigenvalue weighted by Gasteiger charge is -2.29. The lowest BCUT2D eigenvalue weighted by atomic mass is 10.1. The van der Waals surface area contributed by atoms with Gasteiger partial charge >= 0.3 is 6.03 Å². The molecule has 1 N–H and O–H groups in total. The third kappa shape index (κ3) is 2.87. The largest absolute Gasteiger partial charge is 0.338 e. The van der Waals surface area contributed by atoms with Gasteiger partial charge in [-0.1, -0.05) is 6.92 Å². The Bertz CT molecular complexity index is 233. The summed E-state index contributed by atoms with van der Waals surface area (Å²) in [5, 5.41) is 2.38. The van der Waals surface area contributed by atoms with Crippen LogP contribution >= 0.6 is 11.6 Å². The normalized spacial score (nSPS) is 19.0. The van der Waals surface area contributed by atoms with Crippen LogP contribution in [0.15, 0.2) is 0 Å². The maximum absolute atomic E-state index is 11.3. The van der Waals surface area contributed by atoms with E-state index in [0.29, 0.717) is 19.5 Å². The van der Waals surface area contributed by atoms with Crippen LogP contribution in [0.3, 0.4) is 0 Å². The SMILES string of the molecule is CCC(CN1CCCNC1=O)C(=O)Cl. The number of urea groups is 1. The van der Waals surface area contributed by atoms with E-state index < -0.39 is 0 Å². The van der Waals surface area contributed by atoms with Crippen molar-refractivity contribution in [3.63, 3.8) is 0 Å². The Kier molecular flexibility index (Phi) is 4.20. The summed E-state index contributed by atoms with van der Waals surface area (Å²) in [6.45, 7) is 3.77. The molecule has 1 aliphatic heterocycles. The molecule has 0 saturated carbocycles. The van der Waals surface area contributed by atoms with Crippen LogP contribution in [0.4, 0.5) is 4.79 Å². The predicted octanol–water partition coefficient (Wildman–Crippen LogP) is 1.19.